The lowest BCUT2D eigenvalue weighted by molar-refractivity contribution is 0.0601. The van der Waals surface area contributed by atoms with Gasteiger partial charge in [0, 0.05) is 18.1 Å². The molecule has 18 heavy (non-hydrogen) atoms. The Balaban J connectivity index is 1.94. The Morgan fingerprint density at radius 3 is 2.94 bits per heavy atom. The minimum Gasteiger partial charge on any atom is -0.490 e. The number of fused-ring (bicyclic) bond motifs is 1. The molecule has 0 aliphatic carbocycles. The third-order valence-electron chi connectivity index (χ3n) is 3.49. The first kappa shape index (κ1) is 13.3. The van der Waals surface area contributed by atoms with Gasteiger partial charge in [0.05, 0.1) is 6.10 Å². The molecule has 0 aromatic heterocycles. The Morgan fingerprint density at radius 1 is 1.33 bits per heavy atom. The van der Waals surface area contributed by atoms with E-state index in [-0.39, 0.29) is 11.9 Å². The van der Waals surface area contributed by atoms with Crippen LogP contribution >= 0.6 is 0 Å². The topological polar surface area (TPSA) is 29.5 Å². The van der Waals surface area contributed by atoms with Crippen LogP contribution in [0.1, 0.15) is 57.1 Å². The van der Waals surface area contributed by atoms with Crippen LogP contribution in [0.3, 0.4) is 0 Å². The number of hydrogen-bond donors (Lipinski definition) is 1. The molecular formula is C15H21FO2. The molecule has 0 bridgehead atoms. The zero-order valence-electron chi connectivity index (χ0n) is 10.9. The number of rotatable bonds is 5. The van der Waals surface area contributed by atoms with Crippen molar-refractivity contribution in [2.75, 3.05) is 0 Å². The molecule has 1 heterocycles. The lowest BCUT2D eigenvalue weighted by Crippen LogP contribution is -2.25. The van der Waals surface area contributed by atoms with E-state index in [1.807, 2.05) is 0 Å². The molecule has 2 unspecified atom stereocenters. The van der Waals surface area contributed by atoms with Gasteiger partial charge in [-0.15, -0.1) is 0 Å². The average molecular weight is 252 g/mol. The van der Waals surface area contributed by atoms with Crippen molar-refractivity contribution in [1.82, 2.24) is 0 Å². The maximum atomic E-state index is 13.1. The highest BCUT2D eigenvalue weighted by Crippen LogP contribution is 2.36. The number of aliphatic hydroxyl groups is 1. The SMILES string of the molecule is CCCCCCC1CC(O)c2ccc(F)cc2O1. The number of unbranched alkanes of at least 4 members (excludes halogenated alkanes) is 3. The second-order valence-electron chi connectivity index (χ2n) is 5.02. The first-order valence-electron chi connectivity index (χ1n) is 6.85. The second kappa shape index (κ2) is 6.19. The Bertz CT molecular complexity index is 392. The third-order valence-corrected chi connectivity index (χ3v) is 3.49. The Kier molecular flexibility index (Phi) is 4.59. The summed E-state index contributed by atoms with van der Waals surface area (Å²) in [5, 5.41) is 10.0. The quantitative estimate of drug-likeness (QED) is 0.803. The van der Waals surface area contributed by atoms with E-state index in [0.717, 1.165) is 12.8 Å². The average Bonchev–Trinajstić information content (AvgIpc) is 2.34. The van der Waals surface area contributed by atoms with Gasteiger partial charge in [0.2, 0.25) is 0 Å². The van der Waals surface area contributed by atoms with Gasteiger partial charge in [0.25, 0.3) is 0 Å². The normalized spacial score (nSPS) is 22.4. The van der Waals surface area contributed by atoms with E-state index in [9.17, 15) is 9.50 Å². The maximum absolute atomic E-state index is 13.1. The first-order valence-corrected chi connectivity index (χ1v) is 6.85. The summed E-state index contributed by atoms with van der Waals surface area (Å²) < 4.78 is 18.9. The fourth-order valence-electron chi connectivity index (χ4n) is 2.46. The van der Waals surface area contributed by atoms with Crippen LogP contribution in [0.25, 0.3) is 0 Å². The van der Waals surface area contributed by atoms with Gasteiger partial charge in [0.1, 0.15) is 17.7 Å². The first-order chi connectivity index (χ1) is 8.70. The van der Waals surface area contributed by atoms with E-state index < -0.39 is 6.10 Å². The van der Waals surface area contributed by atoms with Gasteiger partial charge < -0.3 is 9.84 Å². The summed E-state index contributed by atoms with van der Waals surface area (Å²) >= 11 is 0. The lowest BCUT2D eigenvalue weighted by atomic mass is 9.96. The maximum Gasteiger partial charge on any atom is 0.128 e. The highest BCUT2D eigenvalue weighted by atomic mass is 19.1. The summed E-state index contributed by atoms with van der Waals surface area (Å²) in [4.78, 5) is 0. The minimum absolute atomic E-state index is 0.0196. The molecule has 2 atom stereocenters. The van der Waals surface area contributed by atoms with E-state index >= 15 is 0 Å². The van der Waals surface area contributed by atoms with E-state index in [4.69, 9.17) is 4.74 Å². The van der Waals surface area contributed by atoms with Crippen LogP contribution in [-0.2, 0) is 0 Å². The lowest BCUT2D eigenvalue weighted by Gasteiger charge is -2.29. The standard InChI is InChI=1S/C15H21FO2/c1-2-3-4-5-6-12-10-14(17)13-8-7-11(16)9-15(13)18-12/h7-9,12,14,17H,2-6,10H2,1H3. The van der Waals surface area contributed by atoms with Crippen LogP contribution in [0.5, 0.6) is 5.75 Å². The molecule has 0 fully saturated rings. The Morgan fingerprint density at radius 2 is 2.17 bits per heavy atom. The fraction of sp³-hybridized carbons (Fsp3) is 0.600. The molecule has 100 valence electrons. The van der Waals surface area contributed by atoms with E-state index in [0.29, 0.717) is 17.7 Å². The second-order valence-corrected chi connectivity index (χ2v) is 5.02. The van der Waals surface area contributed by atoms with Crippen molar-refractivity contribution < 1.29 is 14.2 Å². The zero-order valence-corrected chi connectivity index (χ0v) is 10.9. The van der Waals surface area contributed by atoms with Crippen molar-refractivity contribution >= 4 is 0 Å². The summed E-state index contributed by atoms with van der Waals surface area (Å²) in [6.07, 6.45) is 5.80. The number of benzene rings is 1. The smallest absolute Gasteiger partial charge is 0.128 e. The molecular weight excluding hydrogens is 231 g/mol. The van der Waals surface area contributed by atoms with Gasteiger partial charge in [-0.1, -0.05) is 26.2 Å². The highest BCUT2D eigenvalue weighted by Gasteiger charge is 2.26. The summed E-state index contributed by atoms with van der Waals surface area (Å²) in [5.41, 5.74) is 0.709. The van der Waals surface area contributed by atoms with Gasteiger partial charge in [0.15, 0.2) is 0 Å². The Labute approximate surface area is 108 Å². The number of ether oxygens (including phenoxy) is 1. The van der Waals surface area contributed by atoms with Crippen LogP contribution in [0.15, 0.2) is 18.2 Å². The number of aliphatic hydroxyl groups excluding tert-OH is 1. The van der Waals surface area contributed by atoms with Gasteiger partial charge in [-0.2, -0.15) is 0 Å². The molecule has 0 saturated carbocycles. The van der Waals surface area contributed by atoms with Crippen LogP contribution in [0.2, 0.25) is 0 Å². The van der Waals surface area contributed by atoms with Crippen molar-refractivity contribution in [3.05, 3.63) is 29.6 Å². The fourth-order valence-corrected chi connectivity index (χ4v) is 2.46. The number of hydrogen-bond acceptors (Lipinski definition) is 2. The minimum atomic E-state index is -0.523. The van der Waals surface area contributed by atoms with Crippen molar-refractivity contribution in [3.8, 4) is 5.75 Å². The van der Waals surface area contributed by atoms with E-state index in [1.165, 1.54) is 31.4 Å². The monoisotopic (exact) mass is 252 g/mol. The molecule has 1 aliphatic heterocycles. The van der Waals surface area contributed by atoms with Crippen LogP contribution in [0.4, 0.5) is 4.39 Å². The van der Waals surface area contributed by atoms with Crippen molar-refractivity contribution in [1.29, 1.82) is 0 Å². The van der Waals surface area contributed by atoms with E-state index in [2.05, 4.69) is 6.92 Å². The molecule has 0 spiro atoms. The zero-order chi connectivity index (χ0) is 13.0. The van der Waals surface area contributed by atoms with Crippen molar-refractivity contribution in [3.63, 3.8) is 0 Å². The van der Waals surface area contributed by atoms with Gasteiger partial charge in [-0.05, 0) is 25.0 Å². The summed E-state index contributed by atoms with van der Waals surface area (Å²) in [6, 6.07) is 4.35. The molecule has 0 saturated heterocycles. The largest absolute Gasteiger partial charge is 0.490 e. The molecule has 2 nitrogen and oxygen atoms in total. The van der Waals surface area contributed by atoms with Crippen molar-refractivity contribution in [2.24, 2.45) is 0 Å². The molecule has 2 rings (SSSR count). The molecule has 1 aromatic rings. The van der Waals surface area contributed by atoms with Gasteiger partial charge in [-0.25, -0.2) is 4.39 Å². The van der Waals surface area contributed by atoms with E-state index in [1.54, 1.807) is 6.07 Å². The molecule has 1 aromatic carbocycles. The molecule has 0 radical (unpaired) electrons. The van der Waals surface area contributed by atoms with Crippen molar-refractivity contribution in [2.45, 2.75) is 57.7 Å². The van der Waals surface area contributed by atoms with Crippen LogP contribution in [0, 0.1) is 5.82 Å². The van der Waals surface area contributed by atoms with Gasteiger partial charge in [-0.3, -0.25) is 0 Å². The summed E-state index contributed by atoms with van der Waals surface area (Å²) in [5.74, 6) is 0.196. The highest BCUT2D eigenvalue weighted by molar-refractivity contribution is 5.37. The summed E-state index contributed by atoms with van der Waals surface area (Å²) in [6.45, 7) is 2.18. The van der Waals surface area contributed by atoms with Gasteiger partial charge >= 0.3 is 0 Å². The number of halogens is 1. The molecule has 3 heteroatoms. The molecule has 1 N–H and O–H groups in total. The molecule has 1 aliphatic rings. The molecule has 0 amide bonds. The summed E-state index contributed by atoms with van der Waals surface area (Å²) in [7, 11) is 0. The third kappa shape index (κ3) is 3.22. The predicted octanol–water partition coefficient (Wildman–Crippen LogP) is 3.98. The van der Waals surface area contributed by atoms with Crippen LogP contribution < -0.4 is 4.74 Å². The van der Waals surface area contributed by atoms with Crippen LogP contribution in [-0.4, -0.2) is 11.2 Å². The predicted molar refractivity (Wildman–Crippen MR) is 69.2 cm³/mol. The Hall–Kier alpha value is -1.09.